The summed E-state index contributed by atoms with van der Waals surface area (Å²) < 4.78 is 0. The molecule has 140 valence electrons. The highest BCUT2D eigenvalue weighted by atomic mass is 16.1. The molecule has 3 aliphatic rings. The summed E-state index contributed by atoms with van der Waals surface area (Å²) in [6.45, 7) is 2.16. The Morgan fingerprint density at radius 3 is 2.46 bits per heavy atom. The van der Waals surface area contributed by atoms with Gasteiger partial charge in [-0.2, -0.15) is 10.2 Å². The number of hydrogen-bond acceptors (Lipinski definition) is 4. The summed E-state index contributed by atoms with van der Waals surface area (Å²) in [5, 5.41) is 12.2. The van der Waals surface area contributed by atoms with Crippen molar-refractivity contribution in [3.05, 3.63) is 94.8 Å². The third kappa shape index (κ3) is 2.40. The van der Waals surface area contributed by atoms with E-state index >= 15 is 0 Å². The second-order valence-electron chi connectivity index (χ2n) is 7.78. The lowest BCUT2D eigenvalue weighted by atomic mass is 9.60. The van der Waals surface area contributed by atoms with Crippen LogP contribution in [0, 0.1) is 0 Å². The molecule has 2 aromatic rings. The van der Waals surface area contributed by atoms with Crippen molar-refractivity contribution in [3.63, 3.8) is 0 Å². The number of Topliss-reactive ketones (excluding diaryl/α,β-unsaturated/α-hetero) is 1. The molecule has 4 heteroatoms. The third-order valence-electron chi connectivity index (χ3n) is 6.43. The molecule has 0 saturated carbocycles. The highest BCUT2D eigenvalue weighted by molar-refractivity contribution is 6.01. The Morgan fingerprint density at radius 2 is 1.75 bits per heavy atom. The quantitative estimate of drug-likeness (QED) is 0.826. The van der Waals surface area contributed by atoms with Gasteiger partial charge >= 0.3 is 0 Å². The number of benzene rings is 2. The molecule has 2 heterocycles. The Kier molecular flexibility index (Phi) is 4.00. The van der Waals surface area contributed by atoms with Gasteiger partial charge in [0.15, 0.2) is 11.9 Å². The van der Waals surface area contributed by atoms with Crippen LogP contribution in [0.4, 0.5) is 0 Å². The summed E-state index contributed by atoms with van der Waals surface area (Å²) in [4.78, 5) is 13.6. The van der Waals surface area contributed by atoms with Crippen molar-refractivity contribution in [2.45, 2.75) is 43.7 Å². The van der Waals surface area contributed by atoms with Crippen LogP contribution in [0.1, 0.15) is 43.2 Å². The maximum atomic E-state index is 13.6. The van der Waals surface area contributed by atoms with E-state index in [1.54, 1.807) is 0 Å². The number of nitrogens with one attached hydrogen (secondary N) is 1. The predicted molar refractivity (Wildman–Crippen MR) is 109 cm³/mol. The van der Waals surface area contributed by atoms with Crippen molar-refractivity contribution in [2.75, 3.05) is 0 Å². The number of fused-ring (bicyclic) bond motifs is 1. The van der Waals surface area contributed by atoms with Gasteiger partial charge < -0.3 is 5.32 Å². The number of hydrogen-bond donors (Lipinski definition) is 1. The fourth-order valence-corrected chi connectivity index (χ4v) is 5.18. The van der Waals surface area contributed by atoms with Gasteiger partial charge in [0.2, 0.25) is 0 Å². The molecular weight excluding hydrogens is 346 g/mol. The fourth-order valence-electron chi connectivity index (χ4n) is 5.18. The molecule has 0 amide bonds. The number of azo groups is 1. The van der Waals surface area contributed by atoms with Crippen LogP contribution in [0.5, 0.6) is 0 Å². The number of ketones is 1. The van der Waals surface area contributed by atoms with Crippen molar-refractivity contribution in [1.82, 2.24) is 5.32 Å². The standard InChI is InChI=1S/C24H23N3O/c1-2-24(18-11-7-4-8-12-18)19-15-25-27-23(19)26-20-13-17(14-21(28)22(20)24)16-9-5-3-6-10-16/h3-12,15,17,23,26H,2,13-14H2,1H3/t17-,23?,24+/m1/s1. The van der Waals surface area contributed by atoms with Crippen LogP contribution < -0.4 is 5.32 Å². The molecule has 0 aromatic heterocycles. The molecule has 28 heavy (non-hydrogen) atoms. The zero-order chi connectivity index (χ0) is 19.1. The smallest absolute Gasteiger partial charge is 0.164 e. The van der Waals surface area contributed by atoms with E-state index in [0.717, 1.165) is 35.2 Å². The van der Waals surface area contributed by atoms with Gasteiger partial charge in [-0.15, -0.1) is 0 Å². The first-order valence-corrected chi connectivity index (χ1v) is 9.98. The Balaban J connectivity index is 1.68. The number of nitrogens with zero attached hydrogens (tertiary/aromatic N) is 2. The number of rotatable bonds is 3. The molecule has 1 N–H and O–H groups in total. The first-order valence-electron chi connectivity index (χ1n) is 9.98. The molecule has 3 atom stereocenters. The lowest BCUT2D eigenvalue weighted by molar-refractivity contribution is -0.117. The SMILES string of the molecule is CC[C@]1(c2ccccc2)C2=CN=NC2NC2=C1C(=O)C[C@H](c1ccccc1)C2. The van der Waals surface area contributed by atoms with Gasteiger partial charge in [-0.05, 0) is 29.9 Å². The average Bonchev–Trinajstić information content (AvgIpc) is 3.22. The summed E-state index contributed by atoms with van der Waals surface area (Å²) >= 11 is 0. The van der Waals surface area contributed by atoms with E-state index in [2.05, 4.69) is 46.7 Å². The highest BCUT2D eigenvalue weighted by Gasteiger charge is 2.51. The number of allylic oxidation sites excluding steroid dienone is 2. The topological polar surface area (TPSA) is 53.8 Å². The van der Waals surface area contributed by atoms with E-state index < -0.39 is 5.41 Å². The third-order valence-corrected chi connectivity index (χ3v) is 6.43. The summed E-state index contributed by atoms with van der Waals surface area (Å²) in [6, 6.07) is 20.7. The van der Waals surface area contributed by atoms with Gasteiger partial charge in [0, 0.05) is 23.3 Å². The monoisotopic (exact) mass is 369 g/mol. The molecule has 0 radical (unpaired) electrons. The Morgan fingerprint density at radius 1 is 1.04 bits per heavy atom. The maximum absolute atomic E-state index is 13.6. The minimum Gasteiger partial charge on any atom is -0.362 e. The summed E-state index contributed by atoms with van der Waals surface area (Å²) in [5.41, 5.74) is 4.98. The normalized spacial score (nSPS) is 28.5. The molecule has 0 fully saturated rings. The van der Waals surface area contributed by atoms with Crippen molar-refractivity contribution < 1.29 is 4.79 Å². The largest absolute Gasteiger partial charge is 0.362 e. The lowest BCUT2D eigenvalue weighted by Crippen LogP contribution is -2.50. The van der Waals surface area contributed by atoms with Crippen molar-refractivity contribution in [1.29, 1.82) is 0 Å². The van der Waals surface area contributed by atoms with E-state index in [4.69, 9.17) is 0 Å². The Bertz CT molecular complexity index is 1010. The van der Waals surface area contributed by atoms with Crippen molar-refractivity contribution in [2.24, 2.45) is 10.2 Å². The molecular formula is C24H23N3O. The van der Waals surface area contributed by atoms with Crippen LogP contribution in [0.25, 0.3) is 0 Å². The fraction of sp³-hybridized carbons (Fsp3) is 0.292. The molecule has 0 saturated heterocycles. The molecule has 2 aliphatic heterocycles. The molecule has 0 bridgehead atoms. The molecule has 2 aromatic carbocycles. The summed E-state index contributed by atoms with van der Waals surface area (Å²) in [7, 11) is 0. The Labute approximate surface area is 165 Å². The van der Waals surface area contributed by atoms with Crippen LogP contribution in [0.3, 0.4) is 0 Å². The number of carbonyl (C=O) groups is 1. The molecule has 4 nitrogen and oxygen atoms in total. The Hall–Kier alpha value is -3.01. The first kappa shape index (κ1) is 17.1. The van der Waals surface area contributed by atoms with Crippen molar-refractivity contribution in [3.8, 4) is 0 Å². The van der Waals surface area contributed by atoms with Gasteiger partial charge in [-0.25, -0.2) is 0 Å². The minimum absolute atomic E-state index is 0.179. The van der Waals surface area contributed by atoms with Gasteiger partial charge in [-0.1, -0.05) is 67.6 Å². The summed E-state index contributed by atoms with van der Waals surface area (Å²) in [6.07, 6.45) is 3.87. The zero-order valence-corrected chi connectivity index (χ0v) is 15.9. The summed E-state index contributed by atoms with van der Waals surface area (Å²) in [5.74, 6) is 0.439. The van der Waals surface area contributed by atoms with Crippen LogP contribution in [0.2, 0.25) is 0 Å². The van der Waals surface area contributed by atoms with Gasteiger partial charge in [-0.3, -0.25) is 4.79 Å². The molecule has 5 rings (SSSR count). The van der Waals surface area contributed by atoms with Gasteiger partial charge in [0.05, 0.1) is 11.6 Å². The van der Waals surface area contributed by atoms with E-state index in [0.29, 0.717) is 6.42 Å². The van der Waals surface area contributed by atoms with Gasteiger partial charge in [0.25, 0.3) is 0 Å². The maximum Gasteiger partial charge on any atom is 0.164 e. The van der Waals surface area contributed by atoms with Crippen LogP contribution in [0.15, 0.2) is 93.9 Å². The second-order valence-corrected chi connectivity index (χ2v) is 7.78. The number of carbonyl (C=O) groups excluding carboxylic acids is 1. The molecule has 1 unspecified atom stereocenters. The second kappa shape index (κ2) is 6.55. The van der Waals surface area contributed by atoms with E-state index in [1.165, 1.54) is 5.56 Å². The van der Waals surface area contributed by atoms with Crippen LogP contribution in [-0.2, 0) is 10.2 Å². The lowest BCUT2D eigenvalue weighted by Gasteiger charge is -2.46. The average molecular weight is 369 g/mol. The highest BCUT2D eigenvalue weighted by Crippen LogP contribution is 2.52. The first-order chi connectivity index (χ1) is 13.7. The van der Waals surface area contributed by atoms with Gasteiger partial charge in [0.1, 0.15) is 0 Å². The minimum atomic E-state index is -0.450. The van der Waals surface area contributed by atoms with Crippen molar-refractivity contribution >= 4 is 5.78 Å². The van der Waals surface area contributed by atoms with E-state index in [-0.39, 0.29) is 17.9 Å². The molecule has 1 aliphatic carbocycles. The van der Waals surface area contributed by atoms with Crippen LogP contribution in [-0.4, -0.2) is 11.9 Å². The predicted octanol–water partition coefficient (Wildman–Crippen LogP) is 5.01. The molecule has 0 spiro atoms. The zero-order valence-electron chi connectivity index (χ0n) is 15.9. The van der Waals surface area contributed by atoms with E-state index in [9.17, 15) is 4.79 Å². The van der Waals surface area contributed by atoms with E-state index in [1.807, 2.05) is 42.6 Å². The van der Waals surface area contributed by atoms with Crippen LogP contribution >= 0.6 is 0 Å².